The molecular weight excluding hydrogens is 286 g/mol. The van der Waals surface area contributed by atoms with Crippen molar-refractivity contribution in [2.45, 2.75) is 6.42 Å². The number of ether oxygens (including phenoxy) is 2. The van der Waals surface area contributed by atoms with E-state index in [0.717, 1.165) is 5.56 Å². The smallest absolute Gasteiger partial charge is 0.317 e. The molecule has 0 heterocycles. The summed E-state index contributed by atoms with van der Waals surface area (Å²) in [5, 5.41) is 5.25. The summed E-state index contributed by atoms with van der Waals surface area (Å²) < 4.78 is 10.6. The molecule has 7 heteroatoms. The van der Waals surface area contributed by atoms with Gasteiger partial charge in [0.2, 0.25) is 5.91 Å². The fraction of sp³-hybridized carbons (Fsp3) is 0.467. The third-order valence-corrected chi connectivity index (χ3v) is 3.01. The number of amides is 3. The van der Waals surface area contributed by atoms with Crippen molar-refractivity contribution < 1.29 is 19.1 Å². The molecule has 0 aliphatic carbocycles. The highest BCUT2D eigenvalue weighted by Gasteiger charge is 2.10. The SMILES string of the molecule is COc1cccc(CCNC(=O)CNC(=O)N(C)C)c1OC. The molecule has 0 unspecified atom stereocenters. The quantitative estimate of drug-likeness (QED) is 0.774. The zero-order chi connectivity index (χ0) is 16.5. The van der Waals surface area contributed by atoms with Crippen molar-refractivity contribution in [2.75, 3.05) is 41.4 Å². The van der Waals surface area contributed by atoms with Crippen LogP contribution in [0, 0.1) is 0 Å². The summed E-state index contributed by atoms with van der Waals surface area (Å²) in [6.07, 6.45) is 0.605. The molecule has 0 saturated heterocycles. The summed E-state index contributed by atoms with van der Waals surface area (Å²) >= 11 is 0. The number of para-hydroxylation sites is 1. The first kappa shape index (κ1) is 17.6. The predicted molar refractivity (Wildman–Crippen MR) is 83.3 cm³/mol. The fourth-order valence-electron chi connectivity index (χ4n) is 1.86. The molecular formula is C15H23N3O4. The molecule has 7 nitrogen and oxygen atoms in total. The monoisotopic (exact) mass is 309 g/mol. The van der Waals surface area contributed by atoms with Crippen LogP contribution < -0.4 is 20.1 Å². The van der Waals surface area contributed by atoms with Crippen molar-refractivity contribution in [3.05, 3.63) is 23.8 Å². The van der Waals surface area contributed by atoms with Gasteiger partial charge >= 0.3 is 6.03 Å². The second-order valence-corrected chi connectivity index (χ2v) is 4.81. The lowest BCUT2D eigenvalue weighted by atomic mass is 10.1. The molecule has 1 aromatic rings. The number of nitrogens with zero attached hydrogens (tertiary/aromatic N) is 1. The number of nitrogens with one attached hydrogen (secondary N) is 2. The number of carbonyl (C=O) groups is 2. The van der Waals surface area contributed by atoms with E-state index >= 15 is 0 Å². The molecule has 0 bridgehead atoms. The Kier molecular flexibility index (Phi) is 7.01. The van der Waals surface area contributed by atoms with Crippen LogP contribution in [0.25, 0.3) is 0 Å². The second kappa shape index (κ2) is 8.76. The molecule has 0 aliphatic heterocycles. The van der Waals surface area contributed by atoms with E-state index in [9.17, 15) is 9.59 Å². The lowest BCUT2D eigenvalue weighted by Crippen LogP contribution is -2.41. The van der Waals surface area contributed by atoms with Crippen LogP contribution >= 0.6 is 0 Å². The first-order valence-electron chi connectivity index (χ1n) is 6.91. The molecule has 0 saturated carbocycles. The minimum atomic E-state index is -0.301. The molecule has 3 amide bonds. The summed E-state index contributed by atoms with van der Waals surface area (Å²) in [5.41, 5.74) is 0.944. The highest BCUT2D eigenvalue weighted by atomic mass is 16.5. The summed E-state index contributed by atoms with van der Waals surface area (Å²) in [5.74, 6) is 1.08. The van der Waals surface area contributed by atoms with Gasteiger partial charge in [-0.05, 0) is 18.1 Å². The molecule has 0 radical (unpaired) electrons. The largest absolute Gasteiger partial charge is 0.493 e. The van der Waals surface area contributed by atoms with Gasteiger partial charge in [-0.2, -0.15) is 0 Å². The first-order valence-corrected chi connectivity index (χ1v) is 6.91. The van der Waals surface area contributed by atoms with Crippen molar-refractivity contribution >= 4 is 11.9 Å². The second-order valence-electron chi connectivity index (χ2n) is 4.81. The van der Waals surface area contributed by atoms with Crippen LogP contribution in [0.2, 0.25) is 0 Å². The Labute approximate surface area is 130 Å². The Hall–Kier alpha value is -2.44. The number of hydrogen-bond acceptors (Lipinski definition) is 4. The highest BCUT2D eigenvalue weighted by Crippen LogP contribution is 2.30. The maximum Gasteiger partial charge on any atom is 0.317 e. The molecule has 22 heavy (non-hydrogen) atoms. The number of methoxy groups -OCH3 is 2. The lowest BCUT2D eigenvalue weighted by Gasteiger charge is -2.13. The van der Waals surface area contributed by atoms with E-state index in [2.05, 4.69) is 10.6 Å². The van der Waals surface area contributed by atoms with Gasteiger partial charge in [0.05, 0.1) is 20.8 Å². The summed E-state index contributed by atoms with van der Waals surface area (Å²) in [6, 6.07) is 5.30. The molecule has 122 valence electrons. The van der Waals surface area contributed by atoms with E-state index in [1.807, 2.05) is 18.2 Å². The van der Waals surface area contributed by atoms with Crippen LogP contribution in [-0.2, 0) is 11.2 Å². The van der Waals surface area contributed by atoms with Gasteiger partial charge < -0.3 is 25.0 Å². The van der Waals surface area contributed by atoms with Crippen molar-refractivity contribution in [1.82, 2.24) is 15.5 Å². The molecule has 0 atom stereocenters. The third-order valence-electron chi connectivity index (χ3n) is 3.01. The van der Waals surface area contributed by atoms with Gasteiger partial charge in [-0.15, -0.1) is 0 Å². The minimum Gasteiger partial charge on any atom is -0.493 e. The van der Waals surface area contributed by atoms with E-state index < -0.39 is 0 Å². The van der Waals surface area contributed by atoms with Gasteiger partial charge in [0.1, 0.15) is 0 Å². The minimum absolute atomic E-state index is 0.0493. The number of rotatable bonds is 7. The van der Waals surface area contributed by atoms with Crippen LogP contribution in [0.3, 0.4) is 0 Å². The van der Waals surface area contributed by atoms with Crippen molar-refractivity contribution in [3.63, 3.8) is 0 Å². The molecule has 0 aromatic heterocycles. The van der Waals surface area contributed by atoms with E-state index in [1.165, 1.54) is 4.90 Å². The summed E-state index contributed by atoms with van der Waals surface area (Å²) in [6.45, 7) is 0.395. The van der Waals surface area contributed by atoms with Crippen LogP contribution in [0.4, 0.5) is 4.79 Å². The lowest BCUT2D eigenvalue weighted by molar-refractivity contribution is -0.120. The van der Waals surface area contributed by atoms with Crippen LogP contribution in [0.5, 0.6) is 11.5 Å². The summed E-state index contributed by atoms with van der Waals surface area (Å²) in [4.78, 5) is 24.3. The maximum atomic E-state index is 11.6. The third kappa shape index (κ3) is 5.16. The van der Waals surface area contributed by atoms with Gasteiger partial charge in [-0.1, -0.05) is 12.1 Å². The molecule has 2 N–H and O–H groups in total. The molecule has 1 aromatic carbocycles. The summed E-state index contributed by atoms with van der Waals surface area (Å²) in [7, 11) is 6.39. The number of carbonyl (C=O) groups excluding carboxylic acids is 2. The highest BCUT2D eigenvalue weighted by molar-refractivity contribution is 5.83. The van der Waals surface area contributed by atoms with Crippen LogP contribution in [-0.4, -0.2) is 58.2 Å². The Morgan fingerprint density at radius 3 is 2.45 bits per heavy atom. The Balaban J connectivity index is 2.44. The van der Waals surface area contributed by atoms with Gasteiger partial charge in [0, 0.05) is 20.6 Å². The molecule has 0 fully saturated rings. The van der Waals surface area contributed by atoms with Crippen LogP contribution in [0.1, 0.15) is 5.56 Å². The fourth-order valence-corrected chi connectivity index (χ4v) is 1.86. The zero-order valence-corrected chi connectivity index (χ0v) is 13.4. The normalized spacial score (nSPS) is 9.82. The standard InChI is InChI=1S/C15H23N3O4/c1-18(2)15(20)17-10-13(19)16-9-8-11-6-5-7-12(21-3)14(11)22-4/h5-7H,8-10H2,1-4H3,(H,16,19)(H,17,20). The van der Waals surface area contributed by atoms with E-state index in [4.69, 9.17) is 9.47 Å². The topological polar surface area (TPSA) is 79.9 Å². The Morgan fingerprint density at radius 2 is 1.86 bits per heavy atom. The molecule has 1 rings (SSSR count). The Morgan fingerprint density at radius 1 is 1.14 bits per heavy atom. The van der Waals surface area contributed by atoms with E-state index in [1.54, 1.807) is 28.3 Å². The van der Waals surface area contributed by atoms with Crippen LogP contribution in [0.15, 0.2) is 18.2 Å². The predicted octanol–water partition coefficient (Wildman–Crippen LogP) is 0.634. The van der Waals surface area contributed by atoms with Crippen molar-refractivity contribution in [1.29, 1.82) is 0 Å². The zero-order valence-electron chi connectivity index (χ0n) is 13.4. The van der Waals surface area contributed by atoms with Gasteiger partial charge in [-0.25, -0.2) is 4.79 Å². The van der Waals surface area contributed by atoms with Gasteiger partial charge in [0.15, 0.2) is 11.5 Å². The number of hydrogen-bond donors (Lipinski definition) is 2. The Bertz CT molecular complexity index is 518. The van der Waals surface area contributed by atoms with Gasteiger partial charge in [-0.3, -0.25) is 4.79 Å². The van der Waals surface area contributed by atoms with Crippen molar-refractivity contribution in [3.8, 4) is 11.5 Å². The molecule has 0 spiro atoms. The molecule has 0 aliphatic rings. The van der Waals surface area contributed by atoms with E-state index in [0.29, 0.717) is 24.5 Å². The average molecular weight is 309 g/mol. The number of urea groups is 1. The first-order chi connectivity index (χ1) is 10.5. The van der Waals surface area contributed by atoms with Crippen molar-refractivity contribution in [2.24, 2.45) is 0 Å². The van der Waals surface area contributed by atoms with Gasteiger partial charge in [0.25, 0.3) is 0 Å². The average Bonchev–Trinajstić information content (AvgIpc) is 2.51. The number of benzene rings is 1. The van der Waals surface area contributed by atoms with E-state index in [-0.39, 0.29) is 18.5 Å². The maximum absolute atomic E-state index is 11.6.